The van der Waals surface area contributed by atoms with E-state index in [9.17, 15) is 13.2 Å². The fourth-order valence-electron chi connectivity index (χ4n) is 4.34. The summed E-state index contributed by atoms with van der Waals surface area (Å²) in [5.41, 5.74) is 3.33. The number of likely N-dealkylation sites (tertiary alicyclic amines) is 1. The minimum Gasteiger partial charge on any atom is -0.296 e. The predicted molar refractivity (Wildman–Crippen MR) is 133 cm³/mol. The molecule has 1 fully saturated rings. The second kappa shape index (κ2) is 12.7. The number of pyridine rings is 1. The third kappa shape index (κ3) is 7.98. The highest BCUT2D eigenvalue weighted by molar-refractivity contribution is 5.62. The summed E-state index contributed by atoms with van der Waals surface area (Å²) < 4.78 is 35.4. The average molecular weight is 469 g/mol. The molecule has 0 N–H and O–H groups in total. The molecule has 0 saturated carbocycles. The summed E-state index contributed by atoms with van der Waals surface area (Å²) in [6.07, 6.45) is 6.23. The van der Waals surface area contributed by atoms with Crippen LogP contribution in [-0.2, 0) is 6.18 Å². The van der Waals surface area contributed by atoms with Gasteiger partial charge < -0.3 is 0 Å². The Balaban J connectivity index is 0.000000271. The monoisotopic (exact) mass is 468 g/mol. The first-order valence-corrected chi connectivity index (χ1v) is 12.2. The number of benzene rings is 2. The molecule has 182 valence electrons. The van der Waals surface area contributed by atoms with E-state index in [4.69, 9.17) is 0 Å². The molecule has 4 rings (SSSR count). The van der Waals surface area contributed by atoms with Gasteiger partial charge in [0.15, 0.2) is 0 Å². The number of piperidine rings is 1. The second-order valence-electron chi connectivity index (χ2n) is 9.31. The summed E-state index contributed by atoms with van der Waals surface area (Å²) in [4.78, 5) is 6.95. The van der Waals surface area contributed by atoms with Gasteiger partial charge in [-0.05, 0) is 67.4 Å². The molecule has 0 aliphatic carbocycles. The van der Waals surface area contributed by atoms with Gasteiger partial charge in [-0.3, -0.25) is 9.88 Å². The fourth-order valence-corrected chi connectivity index (χ4v) is 4.34. The highest BCUT2D eigenvalue weighted by atomic mass is 19.4. The Labute approximate surface area is 201 Å². The van der Waals surface area contributed by atoms with Crippen molar-refractivity contribution in [2.75, 3.05) is 13.1 Å². The normalized spacial score (nSPS) is 15.5. The molecule has 1 atom stereocenters. The van der Waals surface area contributed by atoms with Gasteiger partial charge in [-0.2, -0.15) is 13.2 Å². The SMILES string of the molecule is CC(C)CCC(c1ccc(-c2cccnc2)cc1)N1CCCCC1.FC(F)(F)c1ccccc1. The smallest absolute Gasteiger partial charge is 0.296 e. The minimum absolute atomic E-state index is 0.579. The van der Waals surface area contributed by atoms with Crippen LogP contribution in [0.25, 0.3) is 11.1 Å². The number of aromatic nitrogens is 1. The molecule has 0 amide bonds. The first-order valence-electron chi connectivity index (χ1n) is 12.2. The van der Waals surface area contributed by atoms with Gasteiger partial charge in [0.05, 0.1) is 5.56 Å². The lowest BCUT2D eigenvalue weighted by molar-refractivity contribution is -0.137. The topological polar surface area (TPSA) is 16.1 Å². The van der Waals surface area contributed by atoms with Crippen molar-refractivity contribution in [1.82, 2.24) is 9.88 Å². The van der Waals surface area contributed by atoms with Crippen molar-refractivity contribution in [2.24, 2.45) is 5.92 Å². The van der Waals surface area contributed by atoms with Gasteiger partial charge in [0.2, 0.25) is 0 Å². The molecule has 5 heteroatoms. The molecule has 0 radical (unpaired) electrons. The van der Waals surface area contributed by atoms with Crippen LogP contribution >= 0.6 is 0 Å². The first kappa shape index (κ1) is 26.0. The molecule has 0 bridgehead atoms. The number of hydrogen-bond acceptors (Lipinski definition) is 2. The molecule has 1 aliphatic rings. The Morgan fingerprint density at radius 2 is 1.47 bits per heavy atom. The molecular formula is C29H35F3N2. The summed E-state index contributed by atoms with van der Waals surface area (Å²) in [5, 5.41) is 0. The third-order valence-electron chi connectivity index (χ3n) is 6.24. The summed E-state index contributed by atoms with van der Waals surface area (Å²) in [6.45, 7) is 7.18. The Bertz CT molecular complexity index is 948. The van der Waals surface area contributed by atoms with Crippen LogP contribution in [0, 0.1) is 5.92 Å². The minimum atomic E-state index is -4.21. The van der Waals surface area contributed by atoms with Crippen molar-refractivity contribution < 1.29 is 13.2 Å². The standard InChI is InChI=1S/C22H30N2.C7H5F3/c1-18(2)8-13-22(24-15-4-3-5-16-24)20-11-9-19(10-12-20)21-7-6-14-23-17-21;8-7(9,10)6-4-2-1-3-5-6/h6-7,9-12,14,17-18,22H,3-5,8,13,15-16H2,1-2H3;1-5H. The van der Waals surface area contributed by atoms with E-state index in [-0.39, 0.29) is 0 Å². The maximum Gasteiger partial charge on any atom is 0.416 e. The zero-order valence-corrected chi connectivity index (χ0v) is 20.1. The molecule has 2 aromatic carbocycles. The fraction of sp³-hybridized carbons (Fsp3) is 0.414. The maximum absolute atomic E-state index is 11.8. The number of nitrogens with zero attached hydrogens (tertiary/aromatic N) is 2. The summed E-state index contributed by atoms with van der Waals surface area (Å²) in [6, 6.07) is 20.3. The first-order chi connectivity index (χ1) is 16.3. The van der Waals surface area contributed by atoms with Crippen LogP contribution in [0.1, 0.15) is 63.1 Å². The maximum atomic E-state index is 11.8. The zero-order valence-electron chi connectivity index (χ0n) is 20.1. The molecule has 34 heavy (non-hydrogen) atoms. The summed E-state index contributed by atoms with van der Waals surface area (Å²) >= 11 is 0. The van der Waals surface area contributed by atoms with E-state index in [1.165, 1.54) is 74.0 Å². The number of hydrogen-bond donors (Lipinski definition) is 0. The molecule has 1 aliphatic heterocycles. The Hall–Kier alpha value is -2.66. The number of alkyl halides is 3. The second-order valence-corrected chi connectivity index (χ2v) is 9.31. The van der Waals surface area contributed by atoms with Crippen LogP contribution in [0.15, 0.2) is 79.1 Å². The quantitative estimate of drug-likeness (QED) is 0.361. The summed E-state index contributed by atoms with van der Waals surface area (Å²) in [7, 11) is 0. The van der Waals surface area contributed by atoms with Crippen LogP contribution < -0.4 is 0 Å². The van der Waals surface area contributed by atoms with Gasteiger partial charge in [0, 0.05) is 18.4 Å². The molecule has 1 saturated heterocycles. The van der Waals surface area contributed by atoms with E-state index in [2.05, 4.69) is 54.1 Å². The lowest BCUT2D eigenvalue weighted by Gasteiger charge is -2.35. The molecule has 1 aromatic heterocycles. The Morgan fingerprint density at radius 1 is 0.794 bits per heavy atom. The number of halogens is 3. The van der Waals surface area contributed by atoms with Crippen molar-refractivity contribution in [3.63, 3.8) is 0 Å². The van der Waals surface area contributed by atoms with E-state index in [0.717, 1.165) is 18.1 Å². The van der Waals surface area contributed by atoms with Crippen LogP contribution in [0.3, 0.4) is 0 Å². The van der Waals surface area contributed by atoms with Crippen molar-refractivity contribution in [3.05, 3.63) is 90.3 Å². The van der Waals surface area contributed by atoms with Crippen molar-refractivity contribution in [1.29, 1.82) is 0 Å². The molecule has 0 spiro atoms. The highest BCUT2D eigenvalue weighted by Gasteiger charge is 2.29. The van der Waals surface area contributed by atoms with Crippen molar-refractivity contribution in [2.45, 2.75) is 58.2 Å². The Morgan fingerprint density at radius 3 is 2.00 bits per heavy atom. The largest absolute Gasteiger partial charge is 0.416 e. The van der Waals surface area contributed by atoms with Gasteiger partial charge >= 0.3 is 6.18 Å². The number of rotatable bonds is 6. The van der Waals surface area contributed by atoms with Gasteiger partial charge in [-0.1, -0.05) is 80.9 Å². The molecule has 1 unspecified atom stereocenters. The van der Waals surface area contributed by atoms with Crippen LogP contribution in [0.4, 0.5) is 13.2 Å². The molecule has 2 nitrogen and oxygen atoms in total. The summed E-state index contributed by atoms with van der Waals surface area (Å²) in [5.74, 6) is 0.770. The average Bonchev–Trinajstić information content (AvgIpc) is 2.86. The van der Waals surface area contributed by atoms with E-state index in [1.54, 1.807) is 6.07 Å². The predicted octanol–water partition coefficient (Wildman–Crippen LogP) is 8.42. The van der Waals surface area contributed by atoms with E-state index >= 15 is 0 Å². The third-order valence-corrected chi connectivity index (χ3v) is 6.24. The van der Waals surface area contributed by atoms with E-state index in [1.807, 2.05) is 18.5 Å². The van der Waals surface area contributed by atoms with Gasteiger partial charge in [-0.15, -0.1) is 0 Å². The van der Waals surface area contributed by atoms with Crippen LogP contribution in [0.5, 0.6) is 0 Å². The lowest BCUT2D eigenvalue weighted by atomic mass is 9.93. The molecule has 3 aromatic rings. The molecular weight excluding hydrogens is 433 g/mol. The Kier molecular flexibility index (Phi) is 9.70. The van der Waals surface area contributed by atoms with Gasteiger partial charge in [-0.25, -0.2) is 0 Å². The van der Waals surface area contributed by atoms with Crippen LogP contribution in [0.2, 0.25) is 0 Å². The highest BCUT2D eigenvalue weighted by Crippen LogP contribution is 2.31. The van der Waals surface area contributed by atoms with Gasteiger partial charge in [0.1, 0.15) is 0 Å². The van der Waals surface area contributed by atoms with Crippen molar-refractivity contribution >= 4 is 0 Å². The molecule has 2 heterocycles. The van der Waals surface area contributed by atoms with E-state index < -0.39 is 11.7 Å². The lowest BCUT2D eigenvalue weighted by Crippen LogP contribution is -2.34. The van der Waals surface area contributed by atoms with Crippen LogP contribution in [-0.4, -0.2) is 23.0 Å². The van der Waals surface area contributed by atoms with Gasteiger partial charge in [0.25, 0.3) is 0 Å². The van der Waals surface area contributed by atoms with Crippen molar-refractivity contribution in [3.8, 4) is 11.1 Å². The zero-order chi connectivity index (χ0) is 24.4. The van der Waals surface area contributed by atoms with E-state index in [0.29, 0.717) is 6.04 Å².